The molecule has 2 heterocycles. The highest BCUT2D eigenvalue weighted by Crippen LogP contribution is 2.37. The third-order valence-corrected chi connectivity index (χ3v) is 4.40. The highest BCUT2D eigenvalue weighted by atomic mass is 19.4. The molecule has 0 saturated carbocycles. The summed E-state index contributed by atoms with van der Waals surface area (Å²) in [6.45, 7) is -0.651. The number of nitrogens with one attached hydrogen (secondary N) is 1. The molecule has 0 spiro atoms. The fourth-order valence-corrected chi connectivity index (χ4v) is 2.90. The van der Waals surface area contributed by atoms with Gasteiger partial charge in [0.15, 0.2) is 11.2 Å². The van der Waals surface area contributed by atoms with Crippen LogP contribution in [0.15, 0.2) is 34.1 Å². The number of fused-ring (bicyclic) bond motifs is 1. The van der Waals surface area contributed by atoms with E-state index in [0.717, 1.165) is 20.0 Å². The van der Waals surface area contributed by atoms with E-state index in [1.54, 1.807) is 0 Å². The molecule has 1 aromatic carbocycles. The summed E-state index contributed by atoms with van der Waals surface area (Å²) < 4.78 is 80.5. The minimum absolute atomic E-state index is 0.0423. The lowest BCUT2D eigenvalue weighted by atomic mass is 10.1. The Morgan fingerprint density at radius 3 is 2.03 bits per heavy atom. The molecule has 0 unspecified atom stereocenters. The first-order chi connectivity index (χ1) is 14.2. The lowest BCUT2D eigenvalue weighted by molar-refractivity contribution is -0.143. The average molecular weight is 449 g/mol. The molecule has 2 aromatic heterocycles. The lowest BCUT2D eigenvalue weighted by Gasteiger charge is -2.15. The van der Waals surface area contributed by atoms with Gasteiger partial charge in [0.2, 0.25) is 5.91 Å². The van der Waals surface area contributed by atoms with Crippen LogP contribution in [0.3, 0.4) is 0 Å². The Morgan fingerprint density at radius 2 is 1.52 bits per heavy atom. The molecule has 0 radical (unpaired) electrons. The number of aryl methyl sites for hydroxylation is 1. The number of aromatic nitrogens is 4. The van der Waals surface area contributed by atoms with Gasteiger partial charge in [-0.15, -0.1) is 0 Å². The standard InChI is InChI=1S/C17H13F6N5O3/c1-26-13-12(14(30)27(2)15(26)31)28(7-24-13)6-11(29)25-10-4-8(16(18,19)20)3-9(5-10)17(21,22)23/h3-5,7H,6H2,1-2H3,(H,25,29). The average Bonchev–Trinajstić information content (AvgIpc) is 3.06. The first-order valence-corrected chi connectivity index (χ1v) is 8.40. The Hall–Kier alpha value is -3.58. The van der Waals surface area contributed by atoms with Crippen LogP contribution in [0.2, 0.25) is 0 Å². The smallest absolute Gasteiger partial charge is 0.325 e. The molecule has 0 bridgehead atoms. The molecule has 3 rings (SSSR count). The highest BCUT2D eigenvalue weighted by Gasteiger charge is 2.37. The number of benzene rings is 1. The topological polar surface area (TPSA) is 90.9 Å². The molecule has 0 fully saturated rings. The third-order valence-electron chi connectivity index (χ3n) is 4.40. The van der Waals surface area contributed by atoms with Crippen LogP contribution in [0, 0.1) is 0 Å². The zero-order valence-electron chi connectivity index (χ0n) is 15.8. The zero-order chi connectivity index (χ0) is 23.3. The summed E-state index contributed by atoms with van der Waals surface area (Å²) in [6.07, 6.45) is -9.09. The second-order valence-electron chi connectivity index (χ2n) is 6.59. The molecule has 1 N–H and O–H groups in total. The van der Waals surface area contributed by atoms with E-state index >= 15 is 0 Å². The van der Waals surface area contributed by atoms with Gasteiger partial charge in [-0.2, -0.15) is 26.3 Å². The Balaban J connectivity index is 1.97. The van der Waals surface area contributed by atoms with Gasteiger partial charge in [-0.3, -0.25) is 18.7 Å². The van der Waals surface area contributed by atoms with Gasteiger partial charge in [0.25, 0.3) is 5.56 Å². The lowest BCUT2D eigenvalue weighted by Crippen LogP contribution is -2.37. The molecule has 1 amide bonds. The summed E-state index contributed by atoms with van der Waals surface area (Å²) in [5, 5.41) is 1.97. The van der Waals surface area contributed by atoms with E-state index in [1.165, 1.54) is 14.1 Å². The van der Waals surface area contributed by atoms with Gasteiger partial charge in [-0.1, -0.05) is 0 Å². The summed E-state index contributed by atoms with van der Waals surface area (Å²) in [7, 11) is 2.53. The normalized spacial score (nSPS) is 12.4. The summed E-state index contributed by atoms with van der Waals surface area (Å²) >= 11 is 0. The van der Waals surface area contributed by atoms with Crippen LogP contribution >= 0.6 is 0 Å². The molecule has 0 aliphatic carbocycles. The Labute approximate surface area is 168 Å². The monoisotopic (exact) mass is 449 g/mol. The van der Waals surface area contributed by atoms with Gasteiger partial charge in [0, 0.05) is 19.8 Å². The van der Waals surface area contributed by atoms with Crippen LogP contribution in [0.25, 0.3) is 11.2 Å². The molecule has 0 atom stereocenters. The second-order valence-corrected chi connectivity index (χ2v) is 6.59. The van der Waals surface area contributed by atoms with Crippen molar-refractivity contribution in [2.75, 3.05) is 5.32 Å². The van der Waals surface area contributed by atoms with E-state index in [-0.39, 0.29) is 17.2 Å². The van der Waals surface area contributed by atoms with Crippen molar-refractivity contribution in [1.82, 2.24) is 18.7 Å². The van der Waals surface area contributed by atoms with Crippen LogP contribution in [0.5, 0.6) is 0 Å². The number of anilines is 1. The largest absolute Gasteiger partial charge is 0.416 e. The van der Waals surface area contributed by atoms with E-state index < -0.39 is 52.9 Å². The number of imidazole rings is 1. The number of hydrogen-bond donors (Lipinski definition) is 1. The Kier molecular flexibility index (Phi) is 5.19. The van der Waals surface area contributed by atoms with Gasteiger partial charge < -0.3 is 9.88 Å². The zero-order valence-corrected chi connectivity index (χ0v) is 15.8. The minimum atomic E-state index is -5.07. The van der Waals surface area contributed by atoms with Gasteiger partial charge in [0.1, 0.15) is 6.54 Å². The Bertz CT molecular complexity index is 1270. The minimum Gasteiger partial charge on any atom is -0.325 e. The number of carbonyl (C=O) groups is 1. The van der Waals surface area contributed by atoms with E-state index in [4.69, 9.17) is 0 Å². The molecular formula is C17H13F6N5O3. The van der Waals surface area contributed by atoms with Crippen LogP contribution < -0.4 is 16.6 Å². The van der Waals surface area contributed by atoms with Crippen molar-refractivity contribution in [2.24, 2.45) is 14.1 Å². The van der Waals surface area contributed by atoms with Gasteiger partial charge in [-0.05, 0) is 18.2 Å². The summed E-state index contributed by atoms with van der Waals surface area (Å²) in [6, 6.07) is 0.660. The van der Waals surface area contributed by atoms with Crippen molar-refractivity contribution >= 4 is 22.8 Å². The Morgan fingerprint density at radius 1 is 0.968 bits per heavy atom. The van der Waals surface area contributed by atoms with Gasteiger partial charge in [0.05, 0.1) is 17.5 Å². The maximum Gasteiger partial charge on any atom is 0.416 e. The predicted octanol–water partition coefficient (Wildman–Crippen LogP) is 2.11. The summed E-state index contributed by atoms with van der Waals surface area (Å²) in [5.41, 5.74) is -5.53. The quantitative estimate of drug-likeness (QED) is 0.621. The van der Waals surface area contributed by atoms with Crippen molar-refractivity contribution in [3.63, 3.8) is 0 Å². The number of halogens is 6. The first kappa shape index (κ1) is 22.1. The van der Waals surface area contributed by atoms with Crippen molar-refractivity contribution < 1.29 is 31.1 Å². The summed E-state index contributed by atoms with van der Waals surface area (Å²) in [5.74, 6) is -1.01. The molecule has 0 aliphatic rings. The maximum atomic E-state index is 12.9. The van der Waals surface area contributed by atoms with Crippen molar-refractivity contribution in [2.45, 2.75) is 18.9 Å². The predicted molar refractivity (Wildman–Crippen MR) is 95.3 cm³/mol. The van der Waals surface area contributed by atoms with E-state index in [2.05, 4.69) is 4.98 Å². The van der Waals surface area contributed by atoms with E-state index in [9.17, 15) is 40.7 Å². The second kappa shape index (κ2) is 7.28. The van der Waals surface area contributed by atoms with Crippen molar-refractivity contribution in [3.05, 3.63) is 56.5 Å². The molecule has 8 nitrogen and oxygen atoms in total. The number of carbonyl (C=O) groups excluding carboxylic acids is 1. The molecule has 3 aromatic rings. The highest BCUT2D eigenvalue weighted by molar-refractivity contribution is 5.91. The fourth-order valence-electron chi connectivity index (χ4n) is 2.90. The van der Waals surface area contributed by atoms with Crippen LogP contribution in [0.1, 0.15) is 11.1 Å². The maximum absolute atomic E-state index is 12.9. The number of rotatable bonds is 3. The molecule has 0 saturated heterocycles. The number of alkyl halides is 6. The van der Waals surface area contributed by atoms with Crippen molar-refractivity contribution in [3.8, 4) is 0 Å². The van der Waals surface area contributed by atoms with Crippen molar-refractivity contribution in [1.29, 1.82) is 0 Å². The number of hydrogen-bond acceptors (Lipinski definition) is 4. The van der Waals surface area contributed by atoms with E-state index in [1.807, 2.05) is 5.32 Å². The van der Waals surface area contributed by atoms with Crippen LogP contribution in [0.4, 0.5) is 32.0 Å². The summed E-state index contributed by atoms with van der Waals surface area (Å²) in [4.78, 5) is 40.4. The van der Waals surface area contributed by atoms with E-state index in [0.29, 0.717) is 12.1 Å². The molecule has 31 heavy (non-hydrogen) atoms. The molecule has 166 valence electrons. The first-order valence-electron chi connectivity index (χ1n) is 8.40. The fraction of sp³-hybridized carbons (Fsp3) is 0.294. The number of amides is 1. The van der Waals surface area contributed by atoms with Crippen LogP contribution in [-0.4, -0.2) is 24.6 Å². The molecule has 14 heteroatoms. The van der Waals surface area contributed by atoms with Gasteiger partial charge in [-0.25, -0.2) is 9.78 Å². The number of nitrogens with zero attached hydrogens (tertiary/aromatic N) is 4. The van der Waals surface area contributed by atoms with Gasteiger partial charge >= 0.3 is 18.0 Å². The molecular weight excluding hydrogens is 436 g/mol. The van der Waals surface area contributed by atoms with Crippen LogP contribution in [-0.2, 0) is 37.8 Å². The third kappa shape index (κ3) is 4.18. The molecule has 0 aliphatic heterocycles. The SMILES string of the molecule is Cn1c(=O)c2c(ncn2CC(=O)Nc2cc(C(F)(F)F)cc(C(F)(F)F)c2)n(C)c1=O.